The molecular formula is C17H24ClNO3. The third-order valence-corrected chi connectivity index (χ3v) is 3.57. The van der Waals surface area contributed by atoms with E-state index in [4.69, 9.17) is 16.3 Å². The second-order valence-electron chi connectivity index (χ2n) is 5.15. The number of esters is 1. The minimum atomic E-state index is -0.198. The van der Waals surface area contributed by atoms with Crippen LogP contribution in [0.15, 0.2) is 24.3 Å². The maximum Gasteiger partial charge on any atom is 0.305 e. The van der Waals surface area contributed by atoms with E-state index in [9.17, 15) is 9.59 Å². The molecule has 0 aliphatic heterocycles. The van der Waals surface area contributed by atoms with Crippen molar-refractivity contribution in [1.82, 2.24) is 5.32 Å². The van der Waals surface area contributed by atoms with Gasteiger partial charge in [-0.25, -0.2) is 0 Å². The number of hydrogen-bond acceptors (Lipinski definition) is 3. The van der Waals surface area contributed by atoms with Gasteiger partial charge in [0.2, 0.25) is 5.91 Å². The van der Waals surface area contributed by atoms with Gasteiger partial charge in [-0.05, 0) is 24.5 Å². The summed E-state index contributed by atoms with van der Waals surface area (Å²) in [4.78, 5) is 23.2. The molecule has 1 amide bonds. The van der Waals surface area contributed by atoms with Crippen LogP contribution in [0, 0.1) is 0 Å². The second kappa shape index (κ2) is 11.1. The Morgan fingerprint density at radius 3 is 2.68 bits per heavy atom. The first kappa shape index (κ1) is 18.5. The topological polar surface area (TPSA) is 55.4 Å². The number of rotatable bonds is 10. The average molecular weight is 326 g/mol. The lowest BCUT2D eigenvalue weighted by Gasteiger charge is -2.07. The Labute approximate surface area is 137 Å². The van der Waals surface area contributed by atoms with E-state index in [0.29, 0.717) is 31.0 Å². The van der Waals surface area contributed by atoms with Gasteiger partial charge in [0.05, 0.1) is 13.0 Å². The summed E-state index contributed by atoms with van der Waals surface area (Å²) in [5.74, 6) is -0.291. The molecule has 1 aromatic rings. The molecule has 0 saturated carbocycles. The normalized spacial score (nSPS) is 10.3. The van der Waals surface area contributed by atoms with Crippen LogP contribution in [0.5, 0.6) is 0 Å². The number of carbonyl (C=O) groups is 2. The molecule has 0 radical (unpaired) electrons. The summed E-state index contributed by atoms with van der Waals surface area (Å²) in [5, 5.41) is 3.38. The lowest BCUT2D eigenvalue weighted by molar-refractivity contribution is -0.144. The minimum Gasteiger partial charge on any atom is -0.466 e. The van der Waals surface area contributed by atoms with E-state index in [1.54, 1.807) is 6.07 Å². The molecular weight excluding hydrogens is 302 g/mol. The molecule has 22 heavy (non-hydrogen) atoms. The molecule has 0 aromatic heterocycles. The molecule has 0 spiro atoms. The Morgan fingerprint density at radius 2 is 1.95 bits per heavy atom. The van der Waals surface area contributed by atoms with Gasteiger partial charge in [0.1, 0.15) is 0 Å². The summed E-state index contributed by atoms with van der Waals surface area (Å²) in [5.41, 5.74) is 0.803. The molecule has 0 saturated heterocycles. The van der Waals surface area contributed by atoms with Crippen LogP contribution in [0.3, 0.4) is 0 Å². The number of benzene rings is 1. The zero-order valence-corrected chi connectivity index (χ0v) is 13.8. The number of halogens is 1. The van der Waals surface area contributed by atoms with E-state index in [0.717, 1.165) is 24.8 Å². The quantitative estimate of drug-likeness (QED) is 0.529. The van der Waals surface area contributed by atoms with E-state index in [1.807, 2.05) is 18.2 Å². The number of unbranched alkanes of at least 4 members (excludes halogenated alkanes) is 2. The first-order chi connectivity index (χ1) is 10.6. The molecule has 5 heteroatoms. The Bertz CT molecular complexity index is 477. The minimum absolute atomic E-state index is 0.0931. The molecule has 0 bridgehead atoms. The molecule has 0 heterocycles. The molecule has 0 atom stereocenters. The number of nitrogens with one attached hydrogen (secondary N) is 1. The van der Waals surface area contributed by atoms with Gasteiger partial charge in [-0.15, -0.1) is 0 Å². The summed E-state index contributed by atoms with van der Waals surface area (Å²) < 4.78 is 5.09. The van der Waals surface area contributed by atoms with Crippen LogP contribution in [-0.4, -0.2) is 25.0 Å². The highest BCUT2D eigenvalue weighted by Gasteiger charge is 2.07. The fraction of sp³-hybridized carbons (Fsp3) is 0.529. The van der Waals surface area contributed by atoms with E-state index in [-0.39, 0.29) is 18.3 Å². The van der Waals surface area contributed by atoms with Crippen LogP contribution in [0.25, 0.3) is 0 Å². The predicted octanol–water partition coefficient (Wildman–Crippen LogP) is 3.51. The third-order valence-electron chi connectivity index (χ3n) is 3.20. The first-order valence-corrected chi connectivity index (χ1v) is 8.17. The smallest absolute Gasteiger partial charge is 0.305 e. The van der Waals surface area contributed by atoms with E-state index in [1.165, 1.54) is 0 Å². The van der Waals surface area contributed by atoms with Crippen LogP contribution in [0.1, 0.15) is 44.6 Å². The van der Waals surface area contributed by atoms with Crippen LogP contribution in [0.2, 0.25) is 5.02 Å². The summed E-state index contributed by atoms with van der Waals surface area (Å²) in [6.45, 7) is 3.06. The Morgan fingerprint density at radius 1 is 1.18 bits per heavy atom. The molecule has 0 aliphatic carbocycles. The van der Waals surface area contributed by atoms with E-state index in [2.05, 4.69) is 12.2 Å². The van der Waals surface area contributed by atoms with Crippen molar-refractivity contribution in [2.75, 3.05) is 13.2 Å². The van der Waals surface area contributed by atoms with Crippen molar-refractivity contribution in [3.05, 3.63) is 34.9 Å². The molecule has 122 valence electrons. The summed E-state index contributed by atoms with van der Waals surface area (Å²) in [6.07, 6.45) is 4.26. The zero-order valence-electron chi connectivity index (χ0n) is 13.1. The van der Waals surface area contributed by atoms with Crippen molar-refractivity contribution < 1.29 is 14.3 Å². The second-order valence-corrected chi connectivity index (χ2v) is 5.56. The van der Waals surface area contributed by atoms with Crippen LogP contribution >= 0.6 is 11.6 Å². The van der Waals surface area contributed by atoms with Gasteiger partial charge in [0.25, 0.3) is 0 Å². The fourth-order valence-electron chi connectivity index (χ4n) is 1.95. The summed E-state index contributed by atoms with van der Waals surface area (Å²) in [7, 11) is 0. The van der Waals surface area contributed by atoms with E-state index >= 15 is 0 Å². The fourth-order valence-corrected chi connectivity index (χ4v) is 2.15. The lowest BCUT2D eigenvalue weighted by Crippen LogP contribution is -2.26. The maximum absolute atomic E-state index is 11.8. The Balaban J connectivity index is 2.10. The van der Waals surface area contributed by atoms with Gasteiger partial charge >= 0.3 is 5.97 Å². The van der Waals surface area contributed by atoms with Crippen molar-refractivity contribution in [3.8, 4) is 0 Å². The van der Waals surface area contributed by atoms with Crippen molar-refractivity contribution in [3.63, 3.8) is 0 Å². The SMILES string of the molecule is CCCCCOC(=O)CCCNC(=O)Cc1ccccc1Cl. The summed E-state index contributed by atoms with van der Waals surface area (Å²) >= 11 is 6.00. The van der Waals surface area contributed by atoms with Crippen molar-refractivity contribution >= 4 is 23.5 Å². The van der Waals surface area contributed by atoms with Crippen molar-refractivity contribution in [2.45, 2.75) is 45.4 Å². The molecule has 1 aromatic carbocycles. The summed E-state index contributed by atoms with van der Waals surface area (Å²) in [6, 6.07) is 7.27. The van der Waals surface area contributed by atoms with Gasteiger partial charge in [0, 0.05) is 18.0 Å². The van der Waals surface area contributed by atoms with Gasteiger partial charge in [0.15, 0.2) is 0 Å². The lowest BCUT2D eigenvalue weighted by atomic mass is 10.1. The zero-order chi connectivity index (χ0) is 16.2. The molecule has 0 aliphatic rings. The largest absolute Gasteiger partial charge is 0.466 e. The highest BCUT2D eigenvalue weighted by molar-refractivity contribution is 6.31. The van der Waals surface area contributed by atoms with Crippen LogP contribution in [0.4, 0.5) is 0 Å². The molecule has 0 fully saturated rings. The monoisotopic (exact) mass is 325 g/mol. The van der Waals surface area contributed by atoms with Crippen LogP contribution < -0.4 is 5.32 Å². The van der Waals surface area contributed by atoms with Crippen molar-refractivity contribution in [1.29, 1.82) is 0 Å². The van der Waals surface area contributed by atoms with Gasteiger partial charge < -0.3 is 10.1 Å². The predicted molar refractivity (Wildman–Crippen MR) is 87.9 cm³/mol. The first-order valence-electron chi connectivity index (χ1n) is 7.79. The van der Waals surface area contributed by atoms with E-state index < -0.39 is 0 Å². The third kappa shape index (κ3) is 8.03. The molecule has 0 unspecified atom stereocenters. The molecule has 1 N–H and O–H groups in total. The standard InChI is InChI=1S/C17H24ClNO3/c1-2-3-6-12-22-17(21)10-7-11-19-16(20)13-14-8-4-5-9-15(14)18/h4-5,8-9H,2-3,6-7,10-13H2,1H3,(H,19,20). The number of carbonyl (C=O) groups excluding carboxylic acids is 2. The highest BCUT2D eigenvalue weighted by atomic mass is 35.5. The number of hydrogen-bond donors (Lipinski definition) is 1. The van der Waals surface area contributed by atoms with Crippen LogP contribution in [-0.2, 0) is 20.7 Å². The number of ether oxygens (including phenoxy) is 1. The highest BCUT2D eigenvalue weighted by Crippen LogP contribution is 2.15. The van der Waals surface area contributed by atoms with Gasteiger partial charge in [-0.3, -0.25) is 9.59 Å². The van der Waals surface area contributed by atoms with Gasteiger partial charge in [-0.2, -0.15) is 0 Å². The maximum atomic E-state index is 11.8. The molecule has 4 nitrogen and oxygen atoms in total. The number of amides is 1. The van der Waals surface area contributed by atoms with Gasteiger partial charge in [-0.1, -0.05) is 49.6 Å². The Kier molecular flexibility index (Phi) is 9.31. The Hall–Kier alpha value is -1.55. The average Bonchev–Trinajstić information content (AvgIpc) is 2.50. The van der Waals surface area contributed by atoms with Crippen molar-refractivity contribution in [2.24, 2.45) is 0 Å². The molecule has 1 rings (SSSR count).